The molecule has 0 heterocycles. The average molecular weight is 262 g/mol. The molecule has 1 aromatic rings. The molecule has 1 atom stereocenters. The highest BCUT2D eigenvalue weighted by Gasteiger charge is 2.11. The largest absolute Gasteiger partial charge is 0.377 e. The first-order valence-electron chi connectivity index (χ1n) is 5.30. The molecule has 0 bridgehead atoms. The van der Waals surface area contributed by atoms with Crippen LogP contribution < -0.4 is 5.73 Å². The van der Waals surface area contributed by atoms with E-state index in [-0.39, 0.29) is 12.1 Å². The molecular weight excluding hydrogens is 245 g/mol. The molecule has 1 unspecified atom stereocenters. The maximum atomic E-state index is 6.06. The zero-order valence-electron chi connectivity index (χ0n) is 9.54. The van der Waals surface area contributed by atoms with Gasteiger partial charge in [0.05, 0.1) is 12.7 Å². The highest BCUT2D eigenvalue weighted by atomic mass is 35.5. The predicted octanol–water partition coefficient (Wildman–Crippen LogP) is 3.29. The highest BCUT2D eigenvalue weighted by molar-refractivity contribution is 6.35. The fraction of sp³-hybridized carbons (Fsp3) is 0.500. The molecule has 1 rings (SSSR count). The second kappa shape index (κ2) is 6.45. The molecule has 0 aliphatic carbocycles. The molecule has 2 N–H and O–H groups in total. The van der Waals surface area contributed by atoms with E-state index in [4.69, 9.17) is 33.7 Å². The average Bonchev–Trinajstić information content (AvgIpc) is 2.21. The van der Waals surface area contributed by atoms with Gasteiger partial charge in [0, 0.05) is 16.1 Å². The van der Waals surface area contributed by atoms with Gasteiger partial charge in [0.2, 0.25) is 0 Å². The van der Waals surface area contributed by atoms with Crippen molar-refractivity contribution in [2.45, 2.75) is 32.4 Å². The normalized spacial score (nSPS) is 13.1. The quantitative estimate of drug-likeness (QED) is 0.883. The molecule has 0 saturated carbocycles. The van der Waals surface area contributed by atoms with Crippen LogP contribution in [0, 0.1) is 0 Å². The molecule has 1 aromatic carbocycles. The Balaban J connectivity index is 2.59. The molecule has 0 aliphatic rings. The topological polar surface area (TPSA) is 35.2 Å². The SMILES string of the molecule is CC(C)OCC(N)Cc1c(Cl)cccc1Cl. The summed E-state index contributed by atoms with van der Waals surface area (Å²) in [6, 6.07) is 5.38. The first-order chi connectivity index (χ1) is 7.50. The van der Waals surface area contributed by atoms with Gasteiger partial charge in [-0.3, -0.25) is 0 Å². The lowest BCUT2D eigenvalue weighted by molar-refractivity contribution is 0.0684. The summed E-state index contributed by atoms with van der Waals surface area (Å²) in [6.07, 6.45) is 0.818. The number of ether oxygens (including phenoxy) is 1. The summed E-state index contributed by atoms with van der Waals surface area (Å²) >= 11 is 12.1. The van der Waals surface area contributed by atoms with Gasteiger partial charge >= 0.3 is 0 Å². The molecule has 90 valence electrons. The summed E-state index contributed by atoms with van der Waals surface area (Å²) in [4.78, 5) is 0. The molecule has 0 aromatic heterocycles. The zero-order valence-corrected chi connectivity index (χ0v) is 11.1. The van der Waals surface area contributed by atoms with Gasteiger partial charge in [0.15, 0.2) is 0 Å². The second-order valence-corrected chi connectivity index (χ2v) is 4.86. The minimum atomic E-state index is -0.0835. The Labute approximate surface area is 107 Å². The monoisotopic (exact) mass is 261 g/mol. The molecule has 2 nitrogen and oxygen atoms in total. The Morgan fingerprint density at radius 3 is 2.31 bits per heavy atom. The number of hydrogen-bond donors (Lipinski definition) is 1. The fourth-order valence-corrected chi connectivity index (χ4v) is 1.92. The van der Waals surface area contributed by atoms with Gasteiger partial charge in [-0.15, -0.1) is 0 Å². The molecule has 0 radical (unpaired) electrons. The fourth-order valence-electron chi connectivity index (χ4n) is 1.36. The van der Waals surface area contributed by atoms with Gasteiger partial charge in [0.1, 0.15) is 0 Å². The van der Waals surface area contributed by atoms with E-state index < -0.39 is 0 Å². The zero-order chi connectivity index (χ0) is 12.1. The summed E-state index contributed by atoms with van der Waals surface area (Å²) < 4.78 is 5.44. The first kappa shape index (κ1) is 13.8. The van der Waals surface area contributed by atoms with E-state index in [1.54, 1.807) is 0 Å². The molecule has 0 amide bonds. The number of benzene rings is 1. The van der Waals surface area contributed by atoms with Gasteiger partial charge in [-0.25, -0.2) is 0 Å². The van der Waals surface area contributed by atoms with Gasteiger partial charge in [-0.2, -0.15) is 0 Å². The van der Waals surface area contributed by atoms with E-state index in [2.05, 4.69) is 0 Å². The standard InChI is InChI=1S/C12H17Cl2NO/c1-8(2)16-7-9(15)6-10-11(13)4-3-5-12(10)14/h3-5,8-9H,6-7,15H2,1-2H3. The van der Waals surface area contributed by atoms with E-state index in [0.29, 0.717) is 23.1 Å². The maximum Gasteiger partial charge on any atom is 0.0624 e. The van der Waals surface area contributed by atoms with Crippen LogP contribution in [0.2, 0.25) is 10.0 Å². The molecule has 0 saturated heterocycles. The Bertz CT molecular complexity index is 322. The van der Waals surface area contributed by atoms with Crippen molar-refractivity contribution in [1.29, 1.82) is 0 Å². The van der Waals surface area contributed by atoms with Crippen LogP contribution in [0.5, 0.6) is 0 Å². The summed E-state index contributed by atoms with van der Waals surface area (Å²) in [7, 11) is 0. The van der Waals surface area contributed by atoms with Crippen molar-refractivity contribution in [3.8, 4) is 0 Å². The van der Waals surface area contributed by atoms with Crippen LogP contribution in [0.25, 0.3) is 0 Å². The maximum absolute atomic E-state index is 6.06. The van der Waals surface area contributed by atoms with E-state index in [9.17, 15) is 0 Å². The first-order valence-corrected chi connectivity index (χ1v) is 6.06. The summed E-state index contributed by atoms with van der Waals surface area (Å²) in [5, 5.41) is 1.32. The number of hydrogen-bond acceptors (Lipinski definition) is 2. The van der Waals surface area contributed by atoms with Gasteiger partial charge in [-0.1, -0.05) is 29.3 Å². The summed E-state index contributed by atoms with van der Waals surface area (Å²) in [5.41, 5.74) is 6.84. The van der Waals surface area contributed by atoms with Gasteiger partial charge < -0.3 is 10.5 Å². The number of rotatable bonds is 5. The third-order valence-corrected chi connectivity index (χ3v) is 2.88. The summed E-state index contributed by atoms with van der Waals surface area (Å²) in [6.45, 7) is 4.48. The lowest BCUT2D eigenvalue weighted by atomic mass is 10.1. The van der Waals surface area contributed by atoms with Crippen molar-refractivity contribution < 1.29 is 4.74 Å². The molecule has 16 heavy (non-hydrogen) atoms. The van der Waals surface area contributed by atoms with Crippen LogP contribution in [-0.2, 0) is 11.2 Å². The molecular formula is C12H17Cl2NO. The van der Waals surface area contributed by atoms with Crippen LogP contribution in [0.1, 0.15) is 19.4 Å². The van der Waals surface area contributed by atoms with Crippen molar-refractivity contribution in [3.05, 3.63) is 33.8 Å². The van der Waals surface area contributed by atoms with Gasteiger partial charge in [-0.05, 0) is 38.0 Å². The summed E-state index contributed by atoms with van der Waals surface area (Å²) in [5.74, 6) is 0. The number of halogens is 2. The van der Waals surface area contributed by atoms with Crippen molar-refractivity contribution in [1.82, 2.24) is 0 Å². The van der Waals surface area contributed by atoms with Crippen molar-refractivity contribution >= 4 is 23.2 Å². The van der Waals surface area contributed by atoms with Crippen LogP contribution in [0.3, 0.4) is 0 Å². The van der Waals surface area contributed by atoms with Crippen molar-refractivity contribution in [2.75, 3.05) is 6.61 Å². The van der Waals surface area contributed by atoms with Crippen LogP contribution in [0.15, 0.2) is 18.2 Å². The van der Waals surface area contributed by atoms with E-state index in [0.717, 1.165) is 5.56 Å². The Hall–Kier alpha value is -0.280. The Kier molecular flexibility index (Phi) is 5.56. The van der Waals surface area contributed by atoms with Crippen molar-refractivity contribution in [2.24, 2.45) is 5.73 Å². The third kappa shape index (κ3) is 4.30. The molecule has 4 heteroatoms. The smallest absolute Gasteiger partial charge is 0.0624 e. The third-order valence-electron chi connectivity index (χ3n) is 2.17. The minimum Gasteiger partial charge on any atom is -0.377 e. The molecule has 0 aliphatic heterocycles. The second-order valence-electron chi connectivity index (χ2n) is 4.05. The predicted molar refractivity (Wildman–Crippen MR) is 69.2 cm³/mol. The van der Waals surface area contributed by atoms with Crippen LogP contribution in [0.4, 0.5) is 0 Å². The van der Waals surface area contributed by atoms with E-state index in [1.165, 1.54) is 0 Å². The highest BCUT2D eigenvalue weighted by Crippen LogP contribution is 2.25. The number of nitrogens with two attached hydrogens (primary N) is 1. The van der Waals surface area contributed by atoms with E-state index in [1.807, 2.05) is 32.0 Å². The van der Waals surface area contributed by atoms with Crippen LogP contribution in [-0.4, -0.2) is 18.8 Å². The van der Waals surface area contributed by atoms with E-state index >= 15 is 0 Å². The Morgan fingerprint density at radius 1 is 1.25 bits per heavy atom. The minimum absolute atomic E-state index is 0.0835. The lowest BCUT2D eigenvalue weighted by Gasteiger charge is -2.15. The van der Waals surface area contributed by atoms with Crippen LogP contribution >= 0.6 is 23.2 Å². The molecule has 0 spiro atoms. The van der Waals surface area contributed by atoms with Crippen molar-refractivity contribution in [3.63, 3.8) is 0 Å². The Morgan fingerprint density at radius 2 is 1.81 bits per heavy atom. The van der Waals surface area contributed by atoms with Gasteiger partial charge in [0.25, 0.3) is 0 Å². The molecule has 0 fully saturated rings. The lowest BCUT2D eigenvalue weighted by Crippen LogP contribution is -2.30.